The van der Waals surface area contributed by atoms with Crippen LogP contribution in [0.5, 0.6) is 0 Å². The van der Waals surface area contributed by atoms with Gasteiger partial charge in [0.2, 0.25) is 17.8 Å². The number of nitrogens with one attached hydrogen (secondary N) is 1. The first kappa shape index (κ1) is 15.8. The van der Waals surface area contributed by atoms with Crippen molar-refractivity contribution in [3.63, 3.8) is 0 Å². The fourth-order valence-corrected chi connectivity index (χ4v) is 2.88. The first-order valence-electron chi connectivity index (χ1n) is 7.81. The first-order chi connectivity index (χ1) is 10.2. The normalized spacial score (nSPS) is 22.0. The van der Waals surface area contributed by atoms with Gasteiger partial charge in [0.15, 0.2) is 0 Å². The van der Waals surface area contributed by atoms with E-state index in [1.54, 1.807) is 0 Å². The topological polar surface area (TPSA) is 100 Å². The van der Waals surface area contributed by atoms with Gasteiger partial charge in [-0.15, -0.1) is 0 Å². The Kier molecular flexibility index (Phi) is 5.55. The van der Waals surface area contributed by atoms with Gasteiger partial charge in [-0.25, -0.2) is 0 Å². The van der Waals surface area contributed by atoms with Crippen LogP contribution in [0, 0.1) is 5.92 Å². The average molecular weight is 294 g/mol. The van der Waals surface area contributed by atoms with E-state index in [0.717, 1.165) is 32.4 Å². The molecule has 7 heteroatoms. The summed E-state index contributed by atoms with van der Waals surface area (Å²) in [5.41, 5.74) is 5.80. The van der Waals surface area contributed by atoms with E-state index in [1.165, 1.54) is 6.42 Å². The first-order valence-corrected chi connectivity index (χ1v) is 7.81. The molecule has 0 saturated heterocycles. The van der Waals surface area contributed by atoms with Crippen LogP contribution in [-0.2, 0) is 0 Å². The Morgan fingerprint density at radius 1 is 1.19 bits per heavy atom. The Bertz CT molecular complexity index is 451. The molecule has 1 aliphatic carbocycles. The molecule has 1 aliphatic rings. The quantitative estimate of drug-likeness (QED) is 0.726. The van der Waals surface area contributed by atoms with Gasteiger partial charge in [0.05, 0.1) is 0 Å². The molecule has 0 spiro atoms. The Morgan fingerprint density at radius 2 is 1.90 bits per heavy atom. The lowest BCUT2D eigenvalue weighted by atomic mass is 9.85. The molecule has 2 unspecified atom stereocenters. The number of rotatable bonds is 6. The van der Waals surface area contributed by atoms with E-state index in [1.807, 2.05) is 4.90 Å². The van der Waals surface area contributed by atoms with Gasteiger partial charge in [0.25, 0.3) is 0 Å². The van der Waals surface area contributed by atoms with E-state index in [0.29, 0.717) is 11.9 Å². The largest absolute Gasteiger partial charge is 0.396 e. The third kappa shape index (κ3) is 3.93. The number of aliphatic hydroxyl groups excluding tert-OH is 1. The second-order valence-electron chi connectivity index (χ2n) is 5.47. The molecule has 2 atom stereocenters. The highest BCUT2D eigenvalue weighted by atomic mass is 16.3. The lowest BCUT2D eigenvalue weighted by molar-refractivity contribution is 0.178. The maximum Gasteiger partial charge on any atom is 0.231 e. The number of nitrogen functional groups attached to an aromatic ring is 1. The standard InChI is InChI=1S/C14H26N6O/c1-3-20(4-2)14-18-12(15)17-13(19-14)16-11-8-6-5-7-10(11)9-21/h10-11,21H,3-9H2,1-2H3,(H3,15,16,17,18,19). The molecule has 0 aliphatic heterocycles. The highest BCUT2D eigenvalue weighted by molar-refractivity contribution is 5.42. The van der Waals surface area contributed by atoms with Crippen molar-refractivity contribution >= 4 is 17.8 Å². The molecular formula is C14H26N6O. The van der Waals surface area contributed by atoms with Crippen LogP contribution >= 0.6 is 0 Å². The molecule has 118 valence electrons. The second-order valence-corrected chi connectivity index (χ2v) is 5.47. The van der Waals surface area contributed by atoms with Crippen molar-refractivity contribution in [2.45, 2.75) is 45.6 Å². The van der Waals surface area contributed by atoms with Gasteiger partial charge >= 0.3 is 0 Å². The molecule has 7 nitrogen and oxygen atoms in total. The van der Waals surface area contributed by atoms with Gasteiger partial charge in [-0.3, -0.25) is 0 Å². The zero-order valence-electron chi connectivity index (χ0n) is 12.9. The summed E-state index contributed by atoms with van der Waals surface area (Å²) in [6.45, 7) is 5.95. The van der Waals surface area contributed by atoms with E-state index in [-0.39, 0.29) is 24.5 Å². The highest BCUT2D eigenvalue weighted by Crippen LogP contribution is 2.26. The SMILES string of the molecule is CCN(CC)c1nc(N)nc(NC2CCCCC2CO)n1. The summed E-state index contributed by atoms with van der Waals surface area (Å²) in [5.74, 6) is 1.60. The molecule has 0 amide bonds. The zero-order valence-corrected chi connectivity index (χ0v) is 12.9. The number of aliphatic hydroxyl groups is 1. The molecule has 1 heterocycles. The van der Waals surface area contributed by atoms with Crippen molar-refractivity contribution in [3.8, 4) is 0 Å². The molecule has 0 aromatic carbocycles. The molecular weight excluding hydrogens is 268 g/mol. The van der Waals surface area contributed by atoms with Crippen molar-refractivity contribution in [3.05, 3.63) is 0 Å². The Hall–Kier alpha value is -1.63. The molecule has 1 fully saturated rings. The number of nitrogens with zero attached hydrogens (tertiary/aromatic N) is 4. The van der Waals surface area contributed by atoms with Crippen LogP contribution in [-0.4, -0.2) is 45.8 Å². The van der Waals surface area contributed by atoms with E-state index in [4.69, 9.17) is 5.73 Å². The monoisotopic (exact) mass is 294 g/mol. The molecule has 4 N–H and O–H groups in total. The minimum Gasteiger partial charge on any atom is -0.396 e. The van der Waals surface area contributed by atoms with Crippen molar-refractivity contribution in [1.82, 2.24) is 15.0 Å². The molecule has 1 aromatic heterocycles. The Balaban J connectivity index is 2.15. The van der Waals surface area contributed by atoms with Gasteiger partial charge in [0.1, 0.15) is 0 Å². The number of nitrogens with two attached hydrogens (primary N) is 1. The third-order valence-corrected chi connectivity index (χ3v) is 4.15. The van der Waals surface area contributed by atoms with Crippen molar-refractivity contribution < 1.29 is 5.11 Å². The summed E-state index contributed by atoms with van der Waals surface area (Å²) in [4.78, 5) is 14.9. The Morgan fingerprint density at radius 3 is 2.57 bits per heavy atom. The van der Waals surface area contributed by atoms with Crippen molar-refractivity contribution in [1.29, 1.82) is 0 Å². The number of hydrogen-bond acceptors (Lipinski definition) is 7. The van der Waals surface area contributed by atoms with Gasteiger partial charge in [-0.2, -0.15) is 15.0 Å². The van der Waals surface area contributed by atoms with E-state index in [9.17, 15) is 5.11 Å². The summed E-state index contributed by atoms with van der Waals surface area (Å²) >= 11 is 0. The minimum absolute atomic E-state index is 0.196. The van der Waals surface area contributed by atoms with Crippen LogP contribution in [0.1, 0.15) is 39.5 Å². The van der Waals surface area contributed by atoms with E-state index < -0.39 is 0 Å². The van der Waals surface area contributed by atoms with E-state index >= 15 is 0 Å². The van der Waals surface area contributed by atoms with Gasteiger partial charge in [-0.1, -0.05) is 12.8 Å². The number of hydrogen-bond donors (Lipinski definition) is 3. The van der Waals surface area contributed by atoms with Gasteiger partial charge in [0, 0.05) is 31.7 Å². The minimum atomic E-state index is 0.196. The molecule has 2 rings (SSSR count). The smallest absolute Gasteiger partial charge is 0.231 e. The summed E-state index contributed by atoms with van der Waals surface area (Å²) in [7, 11) is 0. The van der Waals surface area contributed by atoms with Gasteiger partial charge < -0.3 is 21.1 Å². The summed E-state index contributed by atoms with van der Waals surface area (Å²) in [5, 5.41) is 12.8. The van der Waals surface area contributed by atoms with Crippen LogP contribution in [0.25, 0.3) is 0 Å². The maximum atomic E-state index is 9.49. The molecule has 1 aromatic rings. The highest BCUT2D eigenvalue weighted by Gasteiger charge is 2.25. The lowest BCUT2D eigenvalue weighted by Gasteiger charge is -2.31. The predicted molar refractivity (Wildman–Crippen MR) is 84.3 cm³/mol. The number of aromatic nitrogens is 3. The predicted octanol–water partition coefficient (Wildman–Crippen LogP) is 1.26. The van der Waals surface area contributed by atoms with Crippen LogP contribution in [0.15, 0.2) is 0 Å². The van der Waals surface area contributed by atoms with Crippen LogP contribution < -0.4 is 16.0 Å². The Labute approximate surface area is 126 Å². The summed E-state index contributed by atoms with van der Waals surface area (Å²) in [6.07, 6.45) is 4.40. The third-order valence-electron chi connectivity index (χ3n) is 4.15. The van der Waals surface area contributed by atoms with Crippen LogP contribution in [0.4, 0.5) is 17.8 Å². The molecule has 0 bridgehead atoms. The zero-order chi connectivity index (χ0) is 15.2. The average Bonchev–Trinajstić information content (AvgIpc) is 2.48. The van der Waals surface area contributed by atoms with Crippen molar-refractivity contribution in [2.24, 2.45) is 5.92 Å². The molecule has 21 heavy (non-hydrogen) atoms. The fraction of sp³-hybridized carbons (Fsp3) is 0.786. The summed E-state index contributed by atoms with van der Waals surface area (Å²) in [6, 6.07) is 0.204. The fourth-order valence-electron chi connectivity index (χ4n) is 2.88. The van der Waals surface area contributed by atoms with E-state index in [2.05, 4.69) is 34.1 Å². The van der Waals surface area contributed by atoms with Crippen LogP contribution in [0.3, 0.4) is 0 Å². The van der Waals surface area contributed by atoms with Crippen molar-refractivity contribution in [2.75, 3.05) is 35.6 Å². The lowest BCUT2D eigenvalue weighted by Crippen LogP contribution is -2.35. The number of anilines is 3. The molecule has 1 saturated carbocycles. The molecule has 0 radical (unpaired) electrons. The van der Waals surface area contributed by atoms with Gasteiger partial charge in [-0.05, 0) is 26.7 Å². The summed E-state index contributed by atoms with van der Waals surface area (Å²) < 4.78 is 0. The maximum absolute atomic E-state index is 9.49. The van der Waals surface area contributed by atoms with Crippen LogP contribution in [0.2, 0.25) is 0 Å². The second kappa shape index (κ2) is 7.40.